The molecule has 5 heteroatoms. The molecule has 0 amide bonds. The van der Waals surface area contributed by atoms with Crippen molar-refractivity contribution >= 4 is 11.4 Å². The molecule has 122 valence electrons. The number of hydrogen-bond acceptors (Lipinski definition) is 3. The van der Waals surface area contributed by atoms with Crippen molar-refractivity contribution in [2.24, 2.45) is 0 Å². The van der Waals surface area contributed by atoms with Crippen molar-refractivity contribution in [3.63, 3.8) is 0 Å². The molecule has 1 fully saturated rings. The Labute approximate surface area is 135 Å². The van der Waals surface area contributed by atoms with E-state index in [0.717, 1.165) is 37.8 Å². The quantitative estimate of drug-likeness (QED) is 0.906. The van der Waals surface area contributed by atoms with E-state index in [1.807, 2.05) is 0 Å². The summed E-state index contributed by atoms with van der Waals surface area (Å²) in [6.45, 7) is 6.56. The fourth-order valence-corrected chi connectivity index (χ4v) is 2.91. The number of aryl methyl sites for hydroxylation is 1. The summed E-state index contributed by atoms with van der Waals surface area (Å²) in [4.78, 5) is 2.36. The molecule has 1 aliphatic heterocycles. The highest BCUT2D eigenvalue weighted by Gasteiger charge is 2.11. The first-order valence-electron chi connectivity index (χ1n) is 7.86. The summed E-state index contributed by atoms with van der Waals surface area (Å²) < 4.78 is 26.5. The number of rotatable bonds is 4. The van der Waals surface area contributed by atoms with Crippen LogP contribution in [0.5, 0.6) is 0 Å². The number of nitrogens with one attached hydrogen (secondary N) is 2. The maximum Gasteiger partial charge on any atom is 0.128 e. The van der Waals surface area contributed by atoms with E-state index < -0.39 is 11.6 Å². The van der Waals surface area contributed by atoms with Crippen molar-refractivity contribution in [2.45, 2.75) is 13.5 Å². The molecule has 0 aliphatic carbocycles. The third-order valence-corrected chi connectivity index (χ3v) is 3.96. The minimum Gasteiger partial charge on any atom is -0.381 e. The highest BCUT2D eigenvalue weighted by atomic mass is 19.1. The third-order valence-electron chi connectivity index (χ3n) is 3.96. The molecule has 0 spiro atoms. The van der Waals surface area contributed by atoms with Crippen LogP contribution in [0, 0.1) is 18.6 Å². The molecule has 0 radical (unpaired) electrons. The number of nitrogens with zero attached hydrogens (tertiary/aromatic N) is 1. The predicted molar refractivity (Wildman–Crippen MR) is 89.9 cm³/mol. The van der Waals surface area contributed by atoms with Gasteiger partial charge in [-0.25, -0.2) is 8.78 Å². The van der Waals surface area contributed by atoms with Gasteiger partial charge in [-0.1, -0.05) is 6.07 Å². The van der Waals surface area contributed by atoms with Gasteiger partial charge in [0.15, 0.2) is 0 Å². The Morgan fingerprint density at radius 2 is 1.70 bits per heavy atom. The van der Waals surface area contributed by atoms with Crippen molar-refractivity contribution in [1.29, 1.82) is 0 Å². The van der Waals surface area contributed by atoms with Gasteiger partial charge in [0.05, 0.1) is 0 Å². The lowest BCUT2D eigenvalue weighted by atomic mass is 10.1. The van der Waals surface area contributed by atoms with E-state index in [0.29, 0.717) is 12.2 Å². The van der Waals surface area contributed by atoms with E-state index in [2.05, 4.69) is 40.7 Å². The summed E-state index contributed by atoms with van der Waals surface area (Å²) >= 11 is 0. The molecule has 1 saturated heterocycles. The molecule has 0 bridgehead atoms. The van der Waals surface area contributed by atoms with Gasteiger partial charge in [0.2, 0.25) is 0 Å². The van der Waals surface area contributed by atoms with E-state index >= 15 is 0 Å². The van der Waals surface area contributed by atoms with E-state index in [-0.39, 0.29) is 0 Å². The van der Waals surface area contributed by atoms with Crippen LogP contribution in [0.15, 0.2) is 36.4 Å². The lowest BCUT2D eigenvalue weighted by molar-refractivity contribution is 0.584. The average molecular weight is 317 g/mol. The standard InChI is InChI=1S/C18H21F2N3/c1-13-6-14(8-18(7-13)23-4-2-21-3-5-23)12-22-17-10-15(19)9-16(20)11-17/h6-11,21-22H,2-5,12H2,1H3. The normalized spacial score (nSPS) is 14.8. The zero-order chi connectivity index (χ0) is 16.2. The Balaban J connectivity index is 1.73. The molecule has 2 aromatic rings. The molecule has 3 nitrogen and oxygen atoms in total. The zero-order valence-electron chi connectivity index (χ0n) is 13.2. The van der Waals surface area contributed by atoms with Crippen molar-refractivity contribution in [3.8, 4) is 0 Å². The average Bonchev–Trinajstić information content (AvgIpc) is 2.52. The summed E-state index contributed by atoms with van der Waals surface area (Å²) in [5.74, 6) is -1.14. The number of anilines is 2. The molecule has 0 atom stereocenters. The SMILES string of the molecule is Cc1cc(CNc2cc(F)cc(F)c2)cc(N2CCNCC2)c1. The van der Waals surface area contributed by atoms with Gasteiger partial charge in [-0.15, -0.1) is 0 Å². The predicted octanol–water partition coefficient (Wildman–Crippen LogP) is 3.29. The van der Waals surface area contributed by atoms with Gasteiger partial charge in [-0.05, 0) is 42.3 Å². The maximum atomic E-state index is 13.2. The van der Waals surface area contributed by atoms with Crippen LogP contribution < -0.4 is 15.5 Å². The highest BCUT2D eigenvalue weighted by molar-refractivity contribution is 5.53. The van der Waals surface area contributed by atoms with Gasteiger partial charge < -0.3 is 15.5 Å². The molecule has 2 N–H and O–H groups in total. The first-order chi connectivity index (χ1) is 11.1. The van der Waals surface area contributed by atoms with Gasteiger partial charge >= 0.3 is 0 Å². The lowest BCUT2D eigenvalue weighted by Crippen LogP contribution is -2.43. The topological polar surface area (TPSA) is 27.3 Å². The third kappa shape index (κ3) is 4.20. The Morgan fingerprint density at radius 1 is 1.00 bits per heavy atom. The van der Waals surface area contributed by atoms with Crippen LogP contribution in [0.3, 0.4) is 0 Å². The molecule has 2 aromatic carbocycles. The summed E-state index contributed by atoms with van der Waals surface area (Å²) in [5.41, 5.74) is 3.94. The largest absolute Gasteiger partial charge is 0.381 e. The molecule has 23 heavy (non-hydrogen) atoms. The van der Waals surface area contributed by atoms with Crippen LogP contribution in [0.4, 0.5) is 20.2 Å². The van der Waals surface area contributed by atoms with Crippen LogP contribution >= 0.6 is 0 Å². The van der Waals surface area contributed by atoms with Gasteiger partial charge in [-0.3, -0.25) is 0 Å². The number of hydrogen-bond donors (Lipinski definition) is 2. The molecule has 3 rings (SSSR count). The Morgan fingerprint density at radius 3 is 2.39 bits per heavy atom. The van der Waals surface area contributed by atoms with Crippen molar-refractivity contribution < 1.29 is 8.78 Å². The Hall–Kier alpha value is -2.14. The van der Waals surface area contributed by atoms with Crippen molar-refractivity contribution in [2.75, 3.05) is 36.4 Å². The van der Waals surface area contributed by atoms with Crippen LogP contribution in [0.2, 0.25) is 0 Å². The summed E-state index contributed by atoms with van der Waals surface area (Å²) in [6, 6.07) is 9.89. The Bertz CT molecular complexity index is 662. The molecule has 0 aromatic heterocycles. The van der Waals surface area contributed by atoms with Crippen LogP contribution in [-0.4, -0.2) is 26.2 Å². The fraction of sp³-hybridized carbons (Fsp3) is 0.333. The summed E-state index contributed by atoms with van der Waals surface area (Å²) in [6.07, 6.45) is 0. The molecular formula is C18H21F2N3. The maximum absolute atomic E-state index is 13.2. The molecule has 0 unspecified atom stereocenters. The fourth-order valence-electron chi connectivity index (χ4n) is 2.91. The number of piperazine rings is 1. The first kappa shape index (κ1) is 15.7. The van der Waals surface area contributed by atoms with Crippen LogP contribution in [0.1, 0.15) is 11.1 Å². The van der Waals surface area contributed by atoms with Crippen LogP contribution in [-0.2, 0) is 6.54 Å². The first-order valence-corrected chi connectivity index (χ1v) is 7.86. The second-order valence-electron chi connectivity index (χ2n) is 5.93. The smallest absolute Gasteiger partial charge is 0.128 e. The van der Waals surface area contributed by atoms with Gasteiger partial charge in [0.1, 0.15) is 11.6 Å². The zero-order valence-corrected chi connectivity index (χ0v) is 13.2. The molecular weight excluding hydrogens is 296 g/mol. The van der Waals surface area contributed by atoms with E-state index in [9.17, 15) is 8.78 Å². The monoisotopic (exact) mass is 317 g/mol. The number of benzene rings is 2. The van der Waals surface area contributed by atoms with Crippen molar-refractivity contribution in [3.05, 3.63) is 59.2 Å². The van der Waals surface area contributed by atoms with Crippen molar-refractivity contribution in [1.82, 2.24) is 5.32 Å². The summed E-state index contributed by atoms with van der Waals surface area (Å²) in [7, 11) is 0. The lowest BCUT2D eigenvalue weighted by Gasteiger charge is -2.30. The van der Waals surface area contributed by atoms with E-state index in [1.165, 1.54) is 23.4 Å². The minimum absolute atomic E-state index is 0.452. The molecule has 1 heterocycles. The van der Waals surface area contributed by atoms with Crippen LogP contribution in [0.25, 0.3) is 0 Å². The second kappa shape index (κ2) is 6.96. The summed E-state index contributed by atoms with van der Waals surface area (Å²) in [5, 5.41) is 6.43. The second-order valence-corrected chi connectivity index (χ2v) is 5.93. The van der Waals surface area contributed by atoms with E-state index in [4.69, 9.17) is 0 Å². The minimum atomic E-state index is -0.571. The Kier molecular flexibility index (Phi) is 4.76. The van der Waals surface area contributed by atoms with Gasteiger partial charge in [0, 0.05) is 50.2 Å². The van der Waals surface area contributed by atoms with Gasteiger partial charge in [0.25, 0.3) is 0 Å². The van der Waals surface area contributed by atoms with Gasteiger partial charge in [-0.2, -0.15) is 0 Å². The highest BCUT2D eigenvalue weighted by Crippen LogP contribution is 2.21. The van der Waals surface area contributed by atoms with E-state index in [1.54, 1.807) is 0 Å². The molecule has 1 aliphatic rings. The number of halogens is 2. The molecule has 0 saturated carbocycles.